The van der Waals surface area contributed by atoms with E-state index in [1.165, 1.54) is 12.1 Å². The number of hydrogen-bond donors (Lipinski definition) is 1. The fourth-order valence-corrected chi connectivity index (χ4v) is 1.96. The Morgan fingerprint density at radius 1 is 1.00 bits per heavy atom. The molecule has 0 saturated carbocycles. The summed E-state index contributed by atoms with van der Waals surface area (Å²) in [5.74, 6) is -0.982. The number of carbonyl (C=O) groups is 1. The van der Waals surface area contributed by atoms with Crippen molar-refractivity contribution in [1.82, 2.24) is 0 Å². The Hall–Kier alpha value is -2.30. The first-order valence-corrected chi connectivity index (χ1v) is 5.85. The van der Waals surface area contributed by atoms with Gasteiger partial charge in [0.05, 0.1) is 12.0 Å². The summed E-state index contributed by atoms with van der Waals surface area (Å²) in [6.45, 7) is 0. The molecule has 2 aromatic rings. The molecule has 0 radical (unpaired) electrons. The Labute approximate surface area is 113 Å². The normalized spacial score (nSPS) is 11.3. The fraction of sp³-hybridized carbons (Fsp3) is 0.133. The second-order valence-corrected chi connectivity index (χ2v) is 4.30. The SMILES string of the molecule is O=C(O)Cc1ccccc1-c1ccc(C(F)(F)F)cc1. The minimum Gasteiger partial charge on any atom is -0.481 e. The van der Waals surface area contributed by atoms with E-state index in [0.717, 1.165) is 12.1 Å². The van der Waals surface area contributed by atoms with Gasteiger partial charge in [-0.15, -0.1) is 0 Å². The quantitative estimate of drug-likeness (QED) is 0.922. The second-order valence-electron chi connectivity index (χ2n) is 4.30. The summed E-state index contributed by atoms with van der Waals surface area (Å²) >= 11 is 0. The molecule has 20 heavy (non-hydrogen) atoms. The highest BCUT2D eigenvalue weighted by Gasteiger charge is 2.30. The maximum Gasteiger partial charge on any atom is 0.416 e. The van der Waals surface area contributed by atoms with Crippen LogP contribution in [0.2, 0.25) is 0 Å². The number of halogens is 3. The van der Waals surface area contributed by atoms with Gasteiger partial charge in [-0.3, -0.25) is 4.79 Å². The van der Waals surface area contributed by atoms with Crippen LogP contribution >= 0.6 is 0 Å². The van der Waals surface area contributed by atoms with E-state index in [-0.39, 0.29) is 6.42 Å². The molecule has 5 heteroatoms. The molecule has 0 fully saturated rings. The van der Waals surface area contributed by atoms with Crippen LogP contribution in [0.5, 0.6) is 0 Å². The minimum absolute atomic E-state index is 0.169. The molecule has 0 heterocycles. The highest BCUT2D eigenvalue weighted by atomic mass is 19.4. The van der Waals surface area contributed by atoms with Gasteiger partial charge in [0.1, 0.15) is 0 Å². The van der Waals surface area contributed by atoms with Crippen molar-refractivity contribution in [3.8, 4) is 11.1 Å². The van der Waals surface area contributed by atoms with E-state index >= 15 is 0 Å². The zero-order valence-corrected chi connectivity index (χ0v) is 10.3. The van der Waals surface area contributed by atoms with Gasteiger partial charge in [0.15, 0.2) is 0 Å². The van der Waals surface area contributed by atoms with E-state index < -0.39 is 17.7 Å². The molecule has 2 nitrogen and oxygen atoms in total. The lowest BCUT2D eigenvalue weighted by molar-refractivity contribution is -0.138. The number of rotatable bonds is 3. The molecule has 0 saturated heterocycles. The van der Waals surface area contributed by atoms with Crippen molar-refractivity contribution in [2.45, 2.75) is 12.6 Å². The highest BCUT2D eigenvalue weighted by Crippen LogP contribution is 2.31. The van der Waals surface area contributed by atoms with E-state index in [0.29, 0.717) is 16.7 Å². The summed E-state index contributed by atoms with van der Waals surface area (Å²) < 4.78 is 37.5. The van der Waals surface area contributed by atoms with Gasteiger partial charge < -0.3 is 5.11 Å². The van der Waals surface area contributed by atoms with E-state index in [4.69, 9.17) is 5.11 Å². The Morgan fingerprint density at radius 3 is 2.15 bits per heavy atom. The molecular weight excluding hydrogens is 269 g/mol. The van der Waals surface area contributed by atoms with Gasteiger partial charge in [-0.25, -0.2) is 0 Å². The van der Waals surface area contributed by atoms with Gasteiger partial charge in [0.2, 0.25) is 0 Å². The van der Waals surface area contributed by atoms with Gasteiger partial charge in [-0.2, -0.15) is 13.2 Å². The number of alkyl halides is 3. The van der Waals surface area contributed by atoms with Gasteiger partial charge in [-0.05, 0) is 28.8 Å². The number of aliphatic carboxylic acids is 1. The molecule has 0 bridgehead atoms. The van der Waals surface area contributed by atoms with Crippen LogP contribution in [0.3, 0.4) is 0 Å². The van der Waals surface area contributed by atoms with E-state index in [2.05, 4.69) is 0 Å². The van der Waals surface area contributed by atoms with E-state index in [1.807, 2.05) is 0 Å². The molecule has 2 rings (SSSR count). The lowest BCUT2D eigenvalue weighted by Crippen LogP contribution is -2.04. The van der Waals surface area contributed by atoms with E-state index in [9.17, 15) is 18.0 Å². The molecule has 0 aliphatic rings. The van der Waals surface area contributed by atoms with Crippen LogP contribution in [-0.2, 0) is 17.4 Å². The van der Waals surface area contributed by atoms with Crippen LogP contribution in [-0.4, -0.2) is 11.1 Å². The first-order chi connectivity index (χ1) is 9.38. The zero-order chi connectivity index (χ0) is 14.8. The molecule has 2 aromatic carbocycles. The first kappa shape index (κ1) is 14.1. The summed E-state index contributed by atoms with van der Waals surface area (Å²) in [5.41, 5.74) is 1.04. The first-order valence-electron chi connectivity index (χ1n) is 5.85. The Bertz CT molecular complexity index is 616. The molecule has 104 valence electrons. The Balaban J connectivity index is 2.39. The van der Waals surface area contributed by atoms with Gasteiger partial charge in [0.25, 0.3) is 0 Å². The van der Waals surface area contributed by atoms with Crippen LogP contribution < -0.4 is 0 Å². The van der Waals surface area contributed by atoms with Crippen molar-refractivity contribution in [2.75, 3.05) is 0 Å². The predicted octanol–water partition coefficient (Wildman–Crippen LogP) is 4.00. The number of carboxylic acids is 1. The standard InChI is InChI=1S/C15H11F3O2/c16-15(17,18)12-7-5-10(6-8-12)13-4-2-1-3-11(13)9-14(19)20/h1-8H,9H2,(H,19,20). The molecule has 0 unspecified atom stereocenters. The average Bonchev–Trinajstić information content (AvgIpc) is 2.38. The fourth-order valence-electron chi connectivity index (χ4n) is 1.96. The van der Waals surface area contributed by atoms with E-state index in [1.54, 1.807) is 24.3 Å². The molecule has 0 atom stereocenters. The Kier molecular flexibility index (Phi) is 3.79. The molecule has 0 aliphatic heterocycles. The molecule has 0 aromatic heterocycles. The largest absolute Gasteiger partial charge is 0.481 e. The van der Waals surface area contributed by atoms with Crippen molar-refractivity contribution in [2.24, 2.45) is 0 Å². The average molecular weight is 280 g/mol. The summed E-state index contributed by atoms with van der Waals surface area (Å²) in [6.07, 6.45) is -4.55. The number of benzene rings is 2. The lowest BCUT2D eigenvalue weighted by Gasteiger charge is -2.10. The molecule has 0 spiro atoms. The number of carboxylic acid groups (broad SMARTS) is 1. The summed E-state index contributed by atoms with van der Waals surface area (Å²) in [4.78, 5) is 10.8. The molecular formula is C15H11F3O2. The molecule has 1 N–H and O–H groups in total. The summed E-state index contributed by atoms with van der Waals surface area (Å²) in [7, 11) is 0. The molecule has 0 amide bonds. The van der Waals surface area contributed by atoms with Crippen molar-refractivity contribution >= 4 is 5.97 Å². The van der Waals surface area contributed by atoms with Crippen LogP contribution in [0, 0.1) is 0 Å². The van der Waals surface area contributed by atoms with Crippen LogP contribution in [0.25, 0.3) is 11.1 Å². The Morgan fingerprint density at radius 2 is 1.60 bits per heavy atom. The third-order valence-electron chi connectivity index (χ3n) is 2.88. The number of hydrogen-bond acceptors (Lipinski definition) is 1. The molecule has 0 aliphatic carbocycles. The lowest BCUT2D eigenvalue weighted by atomic mass is 9.97. The maximum absolute atomic E-state index is 12.5. The van der Waals surface area contributed by atoms with Crippen LogP contribution in [0.15, 0.2) is 48.5 Å². The van der Waals surface area contributed by atoms with Gasteiger partial charge >= 0.3 is 12.1 Å². The summed E-state index contributed by atoms with van der Waals surface area (Å²) in [5, 5.41) is 8.84. The second kappa shape index (κ2) is 5.36. The van der Waals surface area contributed by atoms with Crippen LogP contribution in [0.1, 0.15) is 11.1 Å². The topological polar surface area (TPSA) is 37.3 Å². The highest BCUT2D eigenvalue weighted by molar-refractivity contribution is 5.76. The van der Waals surface area contributed by atoms with Crippen molar-refractivity contribution < 1.29 is 23.1 Å². The smallest absolute Gasteiger partial charge is 0.416 e. The van der Waals surface area contributed by atoms with Crippen molar-refractivity contribution in [1.29, 1.82) is 0 Å². The van der Waals surface area contributed by atoms with Gasteiger partial charge in [-0.1, -0.05) is 36.4 Å². The maximum atomic E-state index is 12.5. The third kappa shape index (κ3) is 3.17. The summed E-state index contributed by atoms with van der Waals surface area (Å²) in [6, 6.07) is 11.5. The monoisotopic (exact) mass is 280 g/mol. The van der Waals surface area contributed by atoms with Crippen molar-refractivity contribution in [3.05, 3.63) is 59.7 Å². The van der Waals surface area contributed by atoms with Crippen LogP contribution in [0.4, 0.5) is 13.2 Å². The predicted molar refractivity (Wildman–Crippen MR) is 68.2 cm³/mol. The van der Waals surface area contributed by atoms with Gasteiger partial charge in [0, 0.05) is 0 Å². The third-order valence-corrected chi connectivity index (χ3v) is 2.88. The zero-order valence-electron chi connectivity index (χ0n) is 10.3. The van der Waals surface area contributed by atoms with Crippen molar-refractivity contribution in [3.63, 3.8) is 0 Å². The minimum atomic E-state index is -4.38.